The minimum atomic E-state index is -0.0209. The van der Waals surface area contributed by atoms with Crippen molar-refractivity contribution < 1.29 is 9.53 Å². The highest BCUT2D eigenvalue weighted by Gasteiger charge is 2.11. The van der Waals surface area contributed by atoms with Crippen molar-refractivity contribution in [3.05, 3.63) is 0 Å². The average Bonchev–Trinajstić information content (AvgIpc) is 2.72. The zero-order valence-electron chi connectivity index (χ0n) is 20.3. The first-order valence-electron chi connectivity index (χ1n) is 13.1. The van der Waals surface area contributed by atoms with Crippen molar-refractivity contribution in [3.63, 3.8) is 0 Å². The molecular formula is C26H53NO2. The third kappa shape index (κ3) is 21.9. The molecule has 29 heavy (non-hydrogen) atoms. The number of hydrogen-bond acceptors (Lipinski definition) is 3. The number of hydrogen-bond donors (Lipinski definition) is 0. The number of ether oxygens (including phenoxy) is 1. The monoisotopic (exact) mass is 411 g/mol. The van der Waals surface area contributed by atoms with Gasteiger partial charge in [-0.2, -0.15) is 0 Å². The van der Waals surface area contributed by atoms with Gasteiger partial charge in [-0.25, -0.2) is 0 Å². The summed E-state index contributed by atoms with van der Waals surface area (Å²) in [5.74, 6) is -0.0209. The van der Waals surface area contributed by atoms with Gasteiger partial charge >= 0.3 is 5.97 Å². The molecule has 0 atom stereocenters. The van der Waals surface area contributed by atoms with E-state index in [1.165, 1.54) is 109 Å². The molecule has 0 fully saturated rings. The van der Waals surface area contributed by atoms with Crippen molar-refractivity contribution in [1.29, 1.82) is 0 Å². The van der Waals surface area contributed by atoms with Crippen molar-refractivity contribution in [1.82, 2.24) is 4.90 Å². The second-order valence-corrected chi connectivity index (χ2v) is 8.80. The molecule has 0 saturated carbocycles. The van der Waals surface area contributed by atoms with E-state index in [0.29, 0.717) is 13.2 Å². The summed E-state index contributed by atoms with van der Waals surface area (Å²) in [5.41, 5.74) is 0. The van der Waals surface area contributed by atoms with E-state index in [9.17, 15) is 4.79 Å². The fraction of sp³-hybridized carbons (Fsp3) is 0.962. The first-order chi connectivity index (χ1) is 14.2. The Hall–Kier alpha value is -0.570. The van der Waals surface area contributed by atoms with Gasteiger partial charge in [-0.3, -0.25) is 9.69 Å². The minimum absolute atomic E-state index is 0.0209. The number of esters is 1. The molecule has 0 aromatic carbocycles. The van der Waals surface area contributed by atoms with E-state index >= 15 is 0 Å². The molecule has 0 radical (unpaired) electrons. The summed E-state index contributed by atoms with van der Waals surface area (Å²) in [6.45, 7) is 9.93. The van der Waals surface area contributed by atoms with E-state index in [1.807, 2.05) is 0 Å². The lowest BCUT2D eigenvalue weighted by molar-refractivity contribution is -0.145. The van der Waals surface area contributed by atoms with E-state index < -0.39 is 0 Å². The maximum Gasteiger partial charge on any atom is 0.320 e. The smallest absolute Gasteiger partial charge is 0.320 e. The van der Waals surface area contributed by atoms with Crippen LogP contribution in [-0.4, -0.2) is 37.1 Å². The Balaban J connectivity index is 4.01. The van der Waals surface area contributed by atoms with Gasteiger partial charge in [0.15, 0.2) is 0 Å². The van der Waals surface area contributed by atoms with Gasteiger partial charge in [-0.1, -0.05) is 117 Å². The SMILES string of the molecule is CCCCCCCCCN(CCCCCCCCC)CC(=O)OCCCCCC. The van der Waals surface area contributed by atoms with Crippen LogP contribution in [-0.2, 0) is 9.53 Å². The van der Waals surface area contributed by atoms with Crippen molar-refractivity contribution in [2.24, 2.45) is 0 Å². The van der Waals surface area contributed by atoms with Crippen molar-refractivity contribution in [2.75, 3.05) is 26.2 Å². The molecular weight excluding hydrogens is 358 g/mol. The van der Waals surface area contributed by atoms with Gasteiger partial charge in [0.25, 0.3) is 0 Å². The molecule has 3 heteroatoms. The molecule has 0 saturated heterocycles. The Bertz CT molecular complexity index is 315. The summed E-state index contributed by atoms with van der Waals surface area (Å²) >= 11 is 0. The first kappa shape index (κ1) is 28.4. The van der Waals surface area contributed by atoms with E-state index in [0.717, 1.165) is 19.5 Å². The number of unbranched alkanes of at least 4 members (excludes halogenated alkanes) is 15. The van der Waals surface area contributed by atoms with Crippen LogP contribution >= 0.6 is 0 Å². The molecule has 0 amide bonds. The summed E-state index contributed by atoms with van der Waals surface area (Å²) in [4.78, 5) is 14.6. The largest absolute Gasteiger partial charge is 0.465 e. The Kier molecular flexibility index (Phi) is 23.2. The molecule has 174 valence electrons. The molecule has 0 rings (SSSR count). The lowest BCUT2D eigenvalue weighted by Crippen LogP contribution is -2.33. The Morgan fingerprint density at radius 3 is 1.38 bits per heavy atom. The highest BCUT2D eigenvalue weighted by atomic mass is 16.5. The van der Waals surface area contributed by atoms with Gasteiger partial charge in [0, 0.05) is 0 Å². The van der Waals surface area contributed by atoms with E-state index in [2.05, 4.69) is 25.7 Å². The van der Waals surface area contributed by atoms with Gasteiger partial charge < -0.3 is 4.74 Å². The van der Waals surface area contributed by atoms with Crippen LogP contribution in [0.5, 0.6) is 0 Å². The van der Waals surface area contributed by atoms with Crippen molar-refractivity contribution >= 4 is 5.97 Å². The summed E-state index contributed by atoms with van der Waals surface area (Å²) < 4.78 is 5.48. The van der Waals surface area contributed by atoms with Crippen LogP contribution in [0.15, 0.2) is 0 Å². The molecule has 0 aliphatic rings. The summed E-state index contributed by atoms with van der Waals surface area (Å²) in [5, 5.41) is 0. The zero-order chi connectivity index (χ0) is 21.4. The predicted octanol–water partition coefficient (Wildman–Crippen LogP) is 7.91. The standard InChI is InChI=1S/C26H53NO2/c1-4-7-10-13-15-17-19-22-27(23-20-18-16-14-11-8-5-2)25-26(28)29-24-21-12-9-6-3/h4-25H2,1-3H3. The summed E-state index contributed by atoms with van der Waals surface area (Å²) in [6.07, 6.45) is 23.2. The molecule has 0 N–H and O–H groups in total. The molecule has 3 nitrogen and oxygen atoms in total. The summed E-state index contributed by atoms with van der Waals surface area (Å²) in [6, 6.07) is 0. The molecule has 0 aromatic rings. The maximum atomic E-state index is 12.2. The molecule has 0 spiro atoms. The number of nitrogens with zero attached hydrogens (tertiary/aromatic N) is 1. The number of rotatable bonds is 23. The van der Waals surface area contributed by atoms with Crippen LogP contribution in [0.1, 0.15) is 136 Å². The zero-order valence-corrected chi connectivity index (χ0v) is 20.3. The Morgan fingerprint density at radius 1 is 0.552 bits per heavy atom. The van der Waals surface area contributed by atoms with E-state index in [4.69, 9.17) is 4.74 Å². The maximum absolute atomic E-state index is 12.2. The highest BCUT2D eigenvalue weighted by Crippen LogP contribution is 2.10. The van der Waals surface area contributed by atoms with E-state index in [1.54, 1.807) is 0 Å². The van der Waals surface area contributed by atoms with Gasteiger partial charge in [0.1, 0.15) is 0 Å². The Labute approximate surface area is 183 Å². The first-order valence-corrected chi connectivity index (χ1v) is 13.1. The topological polar surface area (TPSA) is 29.5 Å². The predicted molar refractivity (Wildman–Crippen MR) is 128 cm³/mol. The number of carbonyl (C=O) groups is 1. The molecule has 0 aliphatic heterocycles. The van der Waals surface area contributed by atoms with Crippen LogP contribution in [0.3, 0.4) is 0 Å². The van der Waals surface area contributed by atoms with Gasteiger partial charge in [0.05, 0.1) is 13.2 Å². The fourth-order valence-electron chi connectivity index (χ4n) is 3.80. The Morgan fingerprint density at radius 2 is 0.931 bits per heavy atom. The van der Waals surface area contributed by atoms with Crippen LogP contribution in [0.25, 0.3) is 0 Å². The summed E-state index contributed by atoms with van der Waals surface area (Å²) in [7, 11) is 0. The minimum Gasteiger partial charge on any atom is -0.465 e. The lowest BCUT2D eigenvalue weighted by Gasteiger charge is -2.21. The van der Waals surface area contributed by atoms with Crippen molar-refractivity contribution in [2.45, 2.75) is 136 Å². The number of carbonyl (C=O) groups excluding carboxylic acids is 1. The van der Waals surface area contributed by atoms with Crippen LogP contribution in [0.2, 0.25) is 0 Å². The van der Waals surface area contributed by atoms with Crippen molar-refractivity contribution in [3.8, 4) is 0 Å². The van der Waals surface area contributed by atoms with Gasteiger partial charge in [-0.05, 0) is 32.4 Å². The molecule has 0 unspecified atom stereocenters. The van der Waals surface area contributed by atoms with Gasteiger partial charge in [0.2, 0.25) is 0 Å². The molecule has 0 bridgehead atoms. The molecule has 0 heterocycles. The van der Waals surface area contributed by atoms with E-state index in [-0.39, 0.29) is 5.97 Å². The average molecular weight is 412 g/mol. The normalized spacial score (nSPS) is 11.3. The highest BCUT2D eigenvalue weighted by molar-refractivity contribution is 5.71. The van der Waals surface area contributed by atoms with Crippen LogP contribution < -0.4 is 0 Å². The molecule has 0 aliphatic carbocycles. The third-order valence-electron chi connectivity index (χ3n) is 5.77. The van der Waals surface area contributed by atoms with Gasteiger partial charge in [-0.15, -0.1) is 0 Å². The third-order valence-corrected chi connectivity index (χ3v) is 5.77. The second kappa shape index (κ2) is 23.7. The fourth-order valence-corrected chi connectivity index (χ4v) is 3.80. The quantitative estimate of drug-likeness (QED) is 0.126. The second-order valence-electron chi connectivity index (χ2n) is 8.80. The lowest BCUT2D eigenvalue weighted by atomic mass is 10.1. The van der Waals surface area contributed by atoms with Crippen LogP contribution in [0.4, 0.5) is 0 Å². The van der Waals surface area contributed by atoms with Crippen LogP contribution in [0, 0.1) is 0 Å². The molecule has 0 aromatic heterocycles.